The molecule has 0 radical (unpaired) electrons. The first-order valence-corrected chi connectivity index (χ1v) is 40.3. The zero-order valence-electron chi connectivity index (χ0n) is 77.8. The SMILES string of the molecule is C#CC#CC#CC#CC#CC#CC#CC#CC#CC#CC#CC#CC#CC#CC#CC#CC#CC#CC#CC#CC#CC#CC#CC#CC#CC#CC#CC#CC#CC#CC#CC#CC#C.CCC(C)(C)CCC(=O)c1ccc(CC(C)(C)C)cc1.CNC(C)(C)COc1ccc(C(=O)NCC(C)(C)C)cc1.CNC(C)(C)COc1ccc(C(=O)NCCOCCC(C)(C)C)cc1. The Balaban J connectivity index is 0.00000208. The van der Waals surface area contributed by atoms with Crippen molar-refractivity contribution in [2.45, 2.75) is 154 Å². The van der Waals surface area contributed by atoms with Gasteiger partial charge in [0.2, 0.25) is 0 Å². The highest BCUT2D eigenvalue weighted by Crippen LogP contribution is 2.28. The molecule has 132 heavy (non-hydrogen) atoms. The van der Waals surface area contributed by atoms with E-state index in [0.717, 1.165) is 42.7 Å². The van der Waals surface area contributed by atoms with E-state index in [1.54, 1.807) is 24.3 Å². The second kappa shape index (κ2) is 72.7. The van der Waals surface area contributed by atoms with Crippen molar-refractivity contribution in [3.05, 3.63) is 95.1 Å². The van der Waals surface area contributed by atoms with Crippen LogP contribution >= 0.6 is 0 Å². The Morgan fingerprint density at radius 2 is 0.538 bits per heavy atom. The highest BCUT2D eigenvalue weighted by atomic mass is 16.5. The first kappa shape index (κ1) is 113. The van der Waals surface area contributed by atoms with Crippen LogP contribution in [0.3, 0.4) is 0 Å². The highest BCUT2D eigenvalue weighted by molar-refractivity contribution is 5.96. The lowest BCUT2D eigenvalue weighted by Crippen LogP contribution is -2.42. The van der Waals surface area contributed by atoms with E-state index < -0.39 is 0 Å². The Bertz CT molecular complexity index is 6650. The molecule has 10 heteroatoms. The van der Waals surface area contributed by atoms with Crippen LogP contribution in [0.1, 0.15) is 173 Å². The molecule has 0 heterocycles. The molecule has 3 aromatic carbocycles. The smallest absolute Gasteiger partial charge is 0.251 e. The van der Waals surface area contributed by atoms with Gasteiger partial charge in [0.25, 0.3) is 11.8 Å². The Kier molecular flexibility index (Phi) is 62.3. The minimum absolute atomic E-state index is 0.0490. The minimum Gasteiger partial charge on any atom is -0.492 e. The molecule has 0 saturated carbocycles. The number of amides is 2. The molecule has 0 aromatic heterocycles. The van der Waals surface area contributed by atoms with Crippen LogP contribution in [0.4, 0.5) is 0 Å². The predicted molar refractivity (Wildman–Crippen MR) is 535 cm³/mol. The Morgan fingerprint density at radius 3 is 0.758 bits per heavy atom. The Hall–Kier alpha value is -18.8. The van der Waals surface area contributed by atoms with Crippen LogP contribution in [0.2, 0.25) is 0 Å². The molecule has 3 aromatic rings. The molecule has 0 bridgehead atoms. The fraction of sp³-hybridized carbons (Fsp3) is 0.287. The number of hydrogen-bond acceptors (Lipinski definition) is 8. The average Bonchev–Trinajstić information content (AvgIpc) is 0.875. The number of ether oxygens (including phenoxy) is 3. The molecule has 638 valence electrons. The van der Waals surface area contributed by atoms with Gasteiger partial charge >= 0.3 is 0 Å². The number of terminal acetylenes is 2. The lowest BCUT2D eigenvalue weighted by atomic mass is 9.83. The number of ketones is 1. The van der Waals surface area contributed by atoms with Crippen LogP contribution in [0.5, 0.6) is 11.5 Å². The molecule has 2 amide bonds. The predicted octanol–water partition coefficient (Wildman–Crippen LogP) is 12.1. The number of rotatable bonds is 22. The van der Waals surface area contributed by atoms with Crippen molar-refractivity contribution >= 4 is 17.6 Å². The molecule has 0 saturated heterocycles. The lowest BCUT2D eigenvalue weighted by Gasteiger charge is -2.24. The maximum Gasteiger partial charge on any atom is 0.251 e. The highest BCUT2D eigenvalue weighted by Gasteiger charge is 2.20. The van der Waals surface area contributed by atoms with Crippen molar-refractivity contribution in [3.8, 4) is 403 Å². The summed E-state index contributed by atoms with van der Waals surface area (Å²) in [6.45, 7) is 38.0. The second-order valence-electron chi connectivity index (χ2n) is 31.2. The fourth-order valence-corrected chi connectivity index (χ4v) is 7.48. The van der Waals surface area contributed by atoms with Crippen molar-refractivity contribution in [1.29, 1.82) is 0 Å². The van der Waals surface area contributed by atoms with Crippen molar-refractivity contribution in [1.82, 2.24) is 21.3 Å². The third kappa shape index (κ3) is 75.0. The summed E-state index contributed by atoms with van der Waals surface area (Å²) in [6.07, 6.45) is 14.7. The largest absolute Gasteiger partial charge is 0.492 e. The van der Waals surface area contributed by atoms with Crippen molar-refractivity contribution in [2.75, 3.05) is 53.6 Å². The van der Waals surface area contributed by atoms with Gasteiger partial charge in [-0.05, 0) is 232 Å². The molecule has 0 spiro atoms. The standard InChI is InChI=1S/C66H2.C20H34N2O3.C19H30O.C17H28N2O2/c1-3-5-7-9-11-13-15-17-19-21-23-25-27-29-31-33-35-37-39-41-43-45-47-49-51-53-55-57-59-61-63-65-66-64-62-60-58-56-54-52-50-48-46-44-42-40-38-36-34-32-30-28-26-24-22-20-18-16-14-12-10-8-6-4-2;1-19(2,3)11-13-24-14-12-22-18(23)16-7-9-17(10-8-16)25-15-20(4,5)21-6;1-7-19(5,6)13-12-17(20)16-10-8-15(9-11-16)14-18(2,3)4;1-16(2,3)11-19-15(20)13-7-9-14(10-8-13)21-12-17(4,5)18-6/h1-2H;7-10,21H,11-15H2,1-6H3,(H,22,23);8-11H,7,12-14H2,1-6H3;7-10,18H,11-12H2,1-6H3,(H,19,20). The number of carbonyl (C=O) groups excluding carboxylic acids is 3. The van der Waals surface area contributed by atoms with Gasteiger partial charge in [0, 0.05) is 338 Å². The van der Waals surface area contributed by atoms with E-state index in [-0.39, 0.29) is 50.3 Å². The fourth-order valence-electron chi connectivity index (χ4n) is 7.48. The van der Waals surface area contributed by atoms with E-state index in [9.17, 15) is 14.4 Å². The normalized spacial score (nSPS) is 8.06. The molecule has 0 fully saturated rings. The van der Waals surface area contributed by atoms with Crippen LogP contribution in [-0.4, -0.2) is 82.3 Å². The minimum atomic E-state index is -0.0958. The van der Waals surface area contributed by atoms with Gasteiger partial charge in [0.15, 0.2) is 5.78 Å². The van der Waals surface area contributed by atoms with Crippen LogP contribution < -0.4 is 30.7 Å². The van der Waals surface area contributed by atoms with Crippen LogP contribution in [-0.2, 0) is 11.2 Å². The maximum atomic E-state index is 12.2. The van der Waals surface area contributed by atoms with Gasteiger partial charge < -0.3 is 35.5 Å². The summed E-state index contributed by atoms with van der Waals surface area (Å²) in [5, 5.41) is 12.2. The zero-order valence-corrected chi connectivity index (χ0v) is 77.8. The summed E-state index contributed by atoms with van der Waals surface area (Å²) in [5.41, 5.74) is 4.17. The van der Waals surface area contributed by atoms with Crippen LogP contribution in [0, 0.1) is 413 Å². The summed E-state index contributed by atoms with van der Waals surface area (Å²) < 4.78 is 17.0. The molecule has 0 aliphatic rings. The number of benzene rings is 3. The number of carbonyl (C=O) groups is 3. The topological polar surface area (TPSA) is 127 Å². The van der Waals surface area contributed by atoms with E-state index in [0.29, 0.717) is 57.1 Å². The number of nitrogens with one attached hydrogen (secondary N) is 4. The first-order valence-electron chi connectivity index (χ1n) is 40.3. The first-order chi connectivity index (χ1) is 63.3. The molecule has 0 unspecified atom stereocenters. The van der Waals surface area contributed by atoms with Crippen molar-refractivity contribution < 1.29 is 28.6 Å². The van der Waals surface area contributed by atoms with E-state index in [1.807, 2.05) is 50.5 Å². The molecular formula is C122H94N4O6. The third-order valence-corrected chi connectivity index (χ3v) is 15.0. The zero-order chi connectivity index (χ0) is 97.7. The number of Topliss-reactive ketones (excluding diaryl/α,β-unsaturated/α-hetero) is 1. The monoisotopic (exact) mass is 1710 g/mol. The van der Waals surface area contributed by atoms with Crippen molar-refractivity contribution in [3.63, 3.8) is 0 Å². The molecule has 0 aliphatic heterocycles. The van der Waals surface area contributed by atoms with E-state index >= 15 is 0 Å². The molecule has 0 atom stereocenters. The summed E-state index contributed by atoms with van der Waals surface area (Å²) in [6, 6.07) is 22.6. The van der Waals surface area contributed by atoms with Gasteiger partial charge in [-0.25, -0.2) is 0 Å². The molecular weight excluding hydrogens is 1620 g/mol. The van der Waals surface area contributed by atoms with Gasteiger partial charge in [0.05, 0.1) is 6.61 Å². The average molecular weight is 1710 g/mol. The molecule has 3 rings (SSSR count). The molecule has 10 nitrogen and oxygen atoms in total. The van der Waals surface area contributed by atoms with Crippen LogP contribution in [0.25, 0.3) is 0 Å². The summed E-state index contributed by atoms with van der Waals surface area (Å²) in [7, 11) is 3.82. The third-order valence-electron chi connectivity index (χ3n) is 15.0. The summed E-state index contributed by atoms with van der Waals surface area (Å²) in [4.78, 5) is 36.3. The Morgan fingerprint density at radius 1 is 0.295 bits per heavy atom. The summed E-state index contributed by atoms with van der Waals surface area (Å²) >= 11 is 0. The number of hydrogen-bond donors (Lipinski definition) is 4. The van der Waals surface area contributed by atoms with Gasteiger partial charge in [-0.3, -0.25) is 14.4 Å². The van der Waals surface area contributed by atoms with Crippen molar-refractivity contribution in [2.24, 2.45) is 21.7 Å². The lowest BCUT2D eigenvalue weighted by molar-refractivity contribution is 0.0883. The van der Waals surface area contributed by atoms with Gasteiger partial charge in [-0.2, -0.15) is 0 Å². The van der Waals surface area contributed by atoms with E-state index in [1.165, 1.54) is 5.56 Å². The number of likely N-dealkylation sites (N-methyl/N-ethyl adjacent to an activating group) is 2. The molecule has 4 N–H and O–H groups in total. The van der Waals surface area contributed by atoms with E-state index in [2.05, 4.69) is 523 Å². The van der Waals surface area contributed by atoms with Gasteiger partial charge in [-0.15, -0.1) is 12.8 Å². The van der Waals surface area contributed by atoms with Crippen LogP contribution in [0.15, 0.2) is 72.8 Å². The quantitative estimate of drug-likeness (QED) is 0.0445. The second-order valence-corrected chi connectivity index (χ2v) is 31.2. The summed E-state index contributed by atoms with van der Waals surface area (Å²) in [5.74, 6) is 160. The van der Waals surface area contributed by atoms with E-state index in [4.69, 9.17) is 27.1 Å². The van der Waals surface area contributed by atoms with Gasteiger partial charge in [0.1, 0.15) is 24.7 Å². The van der Waals surface area contributed by atoms with Gasteiger partial charge in [-0.1, -0.05) is 114 Å². The molecule has 0 aliphatic carbocycles. The maximum absolute atomic E-state index is 12.2. The Labute approximate surface area is 790 Å².